The third-order valence-corrected chi connectivity index (χ3v) is 4.21. The van der Waals surface area contributed by atoms with Gasteiger partial charge in [0.2, 0.25) is 5.91 Å². The van der Waals surface area contributed by atoms with Crippen molar-refractivity contribution >= 4 is 11.6 Å². The zero-order chi connectivity index (χ0) is 15.2. The van der Waals surface area contributed by atoms with Gasteiger partial charge in [-0.2, -0.15) is 0 Å². The van der Waals surface area contributed by atoms with E-state index in [0.29, 0.717) is 6.04 Å². The number of benzene rings is 1. The number of hydrogen-bond donors (Lipinski definition) is 1. The summed E-state index contributed by atoms with van der Waals surface area (Å²) in [4.78, 5) is 15.8. The van der Waals surface area contributed by atoms with E-state index in [0.717, 1.165) is 39.1 Å². The molecule has 0 spiro atoms. The Bertz CT molecular complexity index is 458. The lowest BCUT2D eigenvalue weighted by Gasteiger charge is -2.24. The summed E-state index contributed by atoms with van der Waals surface area (Å²) in [5.41, 5.74) is 2.58. The van der Waals surface area contributed by atoms with Crippen LogP contribution in [-0.4, -0.2) is 43.5 Å². The van der Waals surface area contributed by atoms with E-state index < -0.39 is 0 Å². The Morgan fingerprint density at radius 2 is 1.90 bits per heavy atom. The van der Waals surface area contributed by atoms with E-state index in [9.17, 15) is 4.79 Å². The number of amides is 1. The lowest BCUT2D eigenvalue weighted by atomic mass is 10.1. The van der Waals surface area contributed by atoms with Crippen LogP contribution in [0.1, 0.15) is 38.8 Å². The van der Waals surface area contributed by atoms with Gasteiger partial charge in [-0.1, -0.05) is 19.1 Å². The van der Waals surface area contributed by atoms with Gasteiger partial charge in [-0.25, -0.2) is 0 Å². The quantitative estimate of drug-likeness (QED) is 0.924. The average molecular weight is 289 g/mol. The molecule has 0 bridgehead atoms. The van der Waals surface area contributed by atoms with E-state index in [4.69, 9.17) is 0 Å². The molecule has 1 N–H and O–H groups in total. The summed E-state index contributed by atoms with van der Waals surface area (Å²) < 4.78 is 0. The Morgan fingerprint density at radius 1 is 1.19 bits per heavy atom. The Morgan fingerprint density at radius 3 is 2.52 bits per heavy atom. The summed E-state index contributed by atoms with van der Waals surface area (Å²) >= 11 is 0. The minimum absolute atomic E-state index is 0.187. The van der Waals surface area contributed by atoms with Gasteiger partial charge in [0.05, 0.1) is 0 Å². The molecular weight excluding hydrogens is 262 g/mol. The predicted molar refractivity (Wildman–Crippen MR) is 87.6 cm³/mol. The van der Waals surface area contributed by atoms with E-state index in [1.807, 2.05) is 4.90 Å². The van der Waals surface area contributed by atoms with Crippen molar-refractivity contribution in [2.75, 3.05) is 37.6 Å². The van der Waals surface area contributed by atoms with Gasteiger partial charge in [-0.15, -0.1) is 0 Å². The molecule has 116 valence electrons. The predicted octanol–water partition coefficient (Wildman–Crippen LogP) is 2.42. The molecular formula is C17H27N3O. The van der Waals surface area contributed by atoms with Gasteiger partial charge in [0.15, 0.2) is 0 Å². The van der Waals surface area contributed by atoms with Crippen LogP contribution in [0.15, 0.2) is 24.3 Å². The SMILES string of the molecule is CCNC(C)c1ccc(N2CCCN(C(C)=O)CC2)cc1. The summed E-state index contributed by atoms with van der Waals surface area (Å²) in [7, 11) is 0. The molecule has 0 saturated carbocycles. The number of carbonyl (C=O) groups is 1. The highest BCUT2D eigenvalue weighted by Gasteiger charge is 2.16. The lowest BCUT2D eigenvalue weighted by Crippen LogP contribution is -2.33. The van der Waals surface area contributed by atoms with Crippen molar-refractivity contribution in [3.63, 3.8) is 0 Å². The third-order valence-electron chi connectivity index (χ3n) is 4.21. The smallest absolute Gasteiger partial charge is 0.219 e. The van der Waals surface area contributed by atoms with Crippen LogP contribution in [0.3, 0.4) is 0 Å². The fourth-order valence-electron chi connectivity index (χ4n) is 2.89. The molecule has 1 aliphatic heterocycles. The van der Waals surface area contributed by atoms with Crippen LogP contribution in [0.2, 0.25) is 0 Å². The summed E-state index contributed by atoms with van der Waals surface area (Å²) in [6.07, 6.45) is 1.04. The van der Waals surface area contributed by atoms with E-state index >= 15 is 0 Å². The first-order chi connectivity index (χ1) is 10.1. The summed E-state index contributed by atoms with van der Waals surface area (Å²) in [6, 6.07) is 9.20. The zero-order valence-electron chi connectivity index (χ0n) is 13.4. The number of carbonyl (C=O) groups excluding carboxylic acids is 1. The molecule has 1 aliphatic rings. The van der Waals surface area contributed by atoms with Crippen molar-refractivity contribution < 1.29 is 4.79 Å². The fourth-order valence-corrected chi connectivity index (χ4v) is 2.89. The Balaban J connectivity index is 2.00. The average Bonchev–Trinajstić information content (AvgIpc) is 2.73. The Kier molecular flexibility index (Phi) is 5.62. The Labute approximate surface area is 128 Å². The zero-order valence-corrected chi connectivity index (χ0v) is 13.4. The molecule has 4 heteroatoms. The van der Waals surface area contributed by atoms with Gasteiger partial charge < -0.3 is 15.1 Å². The monoisotopic (exact) mass is 289 g/mol. The van der Waals surface area contributed by atoms with E-state index in [-0.39, 0.29) is 5.91 Å². The summed E-state index contributed by atoms with van der Waals surface area (Å²) in [6.45, 7) is 10.6. The van der Waals surface area contributed by atoms with Crippen LogP contribution < -0.4 is 10.2 Å². The molecule has 1 unspecified atom stereocenters. The normalized spacial score (nSPS) is 17.5. The fraction of sp³-hybridized carbons (Fsp3) is 0.588. The summed E-state index contributed by atoms with van der Waals surface area (Å²) in [5.74, 6) is 0.187. The van der Waals surface area contributed by atoms with Gasteiger partial charge >= 0.3 is 0 Å². The number of rotatable bonds is 4. The summed E-state index contributed by atoms with van der Waals surface area (Å²) in [5, 5.41) is 3.43. The van der Waals surface area contributed by atoms with Crippen molar-refractivity contribution in [1.82, 2.24) is 10.2 Å². The highest BCUT2D eigenvalue weighted by atomic mass is 16.2. The number of anilines is 1. The van der Waals surface area contributed by atoms with E-state index in [1.54, 1.807) is 6.92 Å². The largest absolute Gasteiger partial charge is 0.370 e. The van der Waals surface area contributed by atoms with Crippen LogP contribution in [0.4, 0.5) is 5.69 Å². The molecule has 1 aromatic carbocycles. The molecule has 0 aromatic heterocycles. The number of hydrogen-bond acceptors (Lipinski definition) is 3. The van der Waals surface area contributed by atoms with Crippen molar-refractivity contribution in [3.8, 4) is 0 Å². The minimum atomic E-state index is 0.187. The molecule has 1 amide bonds. The second-order valence-electron chi connectivity index (χ2n) is 5.72. The molecule has 1 fully saturated rings. The first-order valence-corrected chi connectivity index (χ1v) is 7.95. The van der Waals surface area contributed by atoms with Crippen molar-refractivity contribution in [3.05, 3.63) is 29.8 Å². The van der Waals surface area contributed by atoms with Gasteiger partial charge in [-0.3, -0.25) is 4.79 Å². The van der Waals surface area contributed by atoms with Crippen LogP contribution in [-0.2, 0) is 4.79 Å². The van der Waals surface area contributed by atoms with Crippen molar-refractivity contribution in [2.45, 2.75) is 33.2 Å². The molecule has 1 atom stereocenters. The molecule has 1 heterocycles. The standard InChI is InChI=1S/C17H27N3O/c1-4-18-14(2)16-6-8-17(9-7-16)20-11-5-10-19(12-13-20)15(3)21/h6-9,14,18H,4-5,10-13H2,1-3H3. The highest BCUT2D eigenvalue weighted by molar-refractivity contribution is 5.73. The molecule has 1 saturated heterocycles. The minimum Gasteiger partial charge on any atom is -0.370 e. The Hall–Kier alpha value is -1.55. The van der Waals surface area contributed by atoms with Crippen LogP contribution in [0.5, 0.6) is 0 Å². The molecule has 4 nitrogen and oxygen atoms in total. The van der Waals surface area contributed by atoms with E-state index in [1.165, 1.54) is 11.3 Å². The highest BCUT2D eigenvalue weighted by Crippen LogP contribution is 2.20. The van der Waals surface area contributed by atoms with Gasteiger partial charge in [0.1, 0.15) is 0 Å². The maximum Gasteiger partial charge on any atom is 0.219 e. The third kappa shape index (κ3) is 4.21. The second kappa shape index (κ2) is 7.46. The maximum atomic E-state index is 11.5. The maximum absolute atomic E-state index is 11.5. The molecule has 0 radical (unpaired) electrons. The molecule has 21 heavy (non-hydrogen) atoms. The number of nitrogens with zero attached hydrogens (tertiary/aromatic N) is 2. The van der Waals surface area contributed by atoms with Gasteiger partial charge in [0, 0.05) is 44.8 Å². The lowest BCUT2D eigenvalue weighted by molar-refractivity contribution is -0.128. The van der Waals surface area contributed by atoms with Gasteiger partial charge in [-0.05, 0) is 37.6 Å². The van der Waals surface area contributed by atoms with Crippen molar-refractivity contribution in [2.24, 2.45) is 0 Å². The van der Waals surface area contributed by atoms with Gasteiger partial charge in [0.25, 0.3) is 0 Å². The van der Waals surface area contributed by atoms with E-state index in [2.05, 4.69) is 48.3 Å². The van der Waals surface area contributed by atoms with Crippen LogP contribution in [0.25, 0.3) is 0 Å². The van der Waals surface area contributed by atoms with Crippen LogP contribution >= 0.6 is 0 Å². The topological polar surface area (TPSA) is 35.6 Å². The molecule has 1 aromatic rings. The van der Waals surface area contributed by atoms with Crippen molar-refractivity contribution in [1.29, 1.82) is 0 Å². The molecule has 0 aliphatic carbocycles. The molecule has 2 rings (SSSR count). The van der Waals surface area contributed by atoms with Crippen LogP contribution in [0, 0.1) is 0 Å². The first-order valence-electron chi connectivity index (χ1n) is 7.95. The second-order valence-corrected chi connectivity index (χ2v) is 5.72. The number of nitrogens with one attached hydrogen (secondary N) is 1. The first kappa shape index (κ1) is 15.8.